The molecule has 2 amide bonds. The van der Waals surface area contributed by atoms with Gasteiger partial charge in [0.05, 0.1) is 25.0 Å². The Morgan fingerprint density at radius 1 is 1.22 bits per heavy atom. The number of methoxy groups -OCH3 is 1. The molecule has 142 valence electrons. The van der Waals surface area contributed by atoms with Gasteiger partial charge in [-0.25, -0.2) is 13.1 Å². The van der Waals surface area contributed by atoms with Crippen LogP contribution in [-0.4, -0.2) is 33.9 Å². The Balaban J connectivity index is 1.58. The predicted molar refractivity (Wildman–Crippen MR) is 98.8 cm³/mol. The topological polar surface area (TPSA) is 114 Å². The molecule has 27 heavy (non-hydrogen) atoms. The number of para-hydroxylation sites is 1. The normalized spacial score (nSPS) is 13.0. The van der Waals surface area contributed by atoms with Gasteiger partial charge in [0.25, 0.3) is 0 Å². The summed E-state index contributed by atoms with van der Waals surface area (Å²) in [7, 11) is -2.33. The predicted octanol–water partition coefficient (Wildman–Crippen LogP) is 0.784. The maximum absolute atomic E-state index is 12.4. The van der Waals surface area contributed by atoms with Crippen LogP contribution in [0.25, 0.3) is 0 Å². The third kappa shape index (κ3) is 4.44. The summed E-state index contributed by atoms with van der Waals surface area (Å²) >= 11 is 0. The first-order valence-corrected chi connectivity index (χ1v) is 9.68. The van der Waals surface area contributed by atoms with E-state index in [-0.39, 0.29) is 23.8 Å². The Morgan fingerprint density at radius 2 is 2.00 bits per heavy atom. The van der Waals surface area contributed by atoms with Gasteiger partial charge in [0, 0.05) is 17.8 Å². The Labute approximate surface area is 157 Å². The van der Waals surface area contributed by atoms with Gasteiger partial charge < -0.3 is 15.4 Å². The molecular formula is C18H19N3O5S. The van der Waals surface area contributed by atoms with Crippen molar-refractivity contribution in [3.8, 4) is 5.75 Å². The molecule has 0 saturated carbocycles. The molecule has 1 heterocycles. The van der Waals surface area contributed by atoms with Crippen LogP contribution in [-0.2, 0) is 32.6 Å². The average molecular weight is 389 g/mol. The number of hydrogen-bond acceptors (Lipinski definition) is 5. The van der Waals surface area contributed by atoms with E-state index in [2.05, 4.69) is 15.4 Å². The fourth-order valence-electron chi connectivity index (χ4n) is 2.72. The number of carbonyl (C=O) groups excluding carboxylic acids is 2. The second-order valence-electron chi connectivity index (χ2n) is 5.96. The van der Waals surface area contributed by atoms with Crippen molar-refractivity contribution in [3.05, 3.63) is 53.6 Å². The fraction of sp³-hybridized carbons (Fsp3) is 0.222. The lowest BCUT2D eigenvalue weighted by Crippen LogP contribution is -2.36. The van der Waals surface area contributed by atoms with Crippen LogP contribution in [0, 0.1) is 0 Å². The number of amides is 2. The highest BCUT2D eigenvalue weighted by molar-refractivity contribution is 7.89. The molecule has 0 bridgehead atoms. The third-order valence-corrected chi connectivity index (χ3v) is 5.50. The van der Waals surface area contributed by atoms with Crippen molar-refractivity contribution < 1.29 is 22.7 Å². The lowest BCUT2D eigenvalue weighted by molar-refractivity contribution is -0.120. The van der Waals surface area contributed by atoms with Crippen LogP contribution in [0.1, 0.15) is 11.1 Å². The minimum Gasteiger partial charge on any atom is -0.496 e. The number of nitrogens with one attached hydrogen (secondary N) is 3. The second-order valence-corrected chi connectivity index (χ2v) is 7.72. The molecule has 0 spiro atoms. The number of ether oxygens (including phenoxy) is 1. The minimum absolute atomic E-state index is 0.00952. The van der Waals surface area contributed by atoms with E-state index in [0.717, 1.165) is 5.56 Å². The molecule has 2 aromatic rings. The van der Waals surface area contributed by atoms with Crippen molar-refractivity contribution in [3.63, 3.8) is 0 Å². The van der Waals surface area contributed by atoms with Gasteiger partial charge >= 0.3 is 0 Å². The van der Waals surface area contributed by atoms with Crippen molar-refractivity contribution in [1.29, 1.82) is 0 Å². The summed E-state index contributed by atoms with van der Waals surface area (Å²) in [4.78, 5) is 23.4. The Morgan fingerprint density at radius 3 is 2.78 bits per heavy atom. The molecule has 0 aliphatic carbocycles. The first-order valence-electron chi connectivity index (χ1n) is 8.20. The molecule has 2 aromatic carbocycles. The first kappa shape index (κ1) is 18.9. The zero-order valence-corrected chi connectivity index (χ0v) is 15.4. The lowest BCUT2D eigenvalue weighted by Gasteiger charge is -2.11. The molecule has 1 aliphatic rings. The molecule has 0 unspecified atom stereocenters. The van der Waals surface area contributed by atoms with Crippen molar-refractivity contribution in [2.45, 2.75) is 17.9 Å². The Bertz CT molecular complexity index is 988. The zero-order valence-electron chi connectivity index (χ0n) is 14.6. The molecule has 9 heteroatoms. The highest BCUT2D eigenvalue weighted by atomic mass is 32.2. The van der Waals surface area contributed by atoms with Crippen LogP contribution < -0.4 is 20.1 Å². The summed E-state index contributed by atoms with van der Waals surface area (Å²) < 4.78 is 32.2. The molecule has 0 radical (unpaired) electrons. The number of carbonyl (C=O) groups is 2. The van der Waals surface area contributed by atoms with Crippen molar-refractivity contribution in [2.24, 2.45) is 0 Å². The van der Waals surface area contributed by atoms with Gasteiger partial charge in [0.15, 0.2) is 0 Å². The van der Waals surface area contributed by atoms with Gasteiger partial charge in [-0.15, -0.1) is 0 Å². The smallest absolute Gasteiger partial charge is 0.241 e. The number of sulfonamides is 1. The summed E-state index contributed by atoms with van der Waals surface area (Å²) in [6, 6.07) is 11.6. The van der Waals surface area contributed by atoms with Crippen molar-refractivity contribution >= 4 is 27.5 Å². The fourth-order valence-corrected chi connectivity index (χ4v) is 3.75. The third-order valence-electron chi connectivity index (χ3n) is 4.10. The van der Waals surface area contributed by atoms with E-state index in [1.165, 1.54) is 25.3 Å². The van der Waals surface area contributed by atoms with E-state index in [4.69, 9.17) is 4.74 Å². The molecular weight excluding hydrogens is 370 g/mol. The molecule has 1 aliphatic heterocycles. The Kier molecular flexibility index (Phi) is 5.43. The highest BCUT2D eigenvalue weighted by Gasteiger charge is 2.22. The Hall–Kier alpha value is -2.91. The second kappa shape index (κ2) is 7.77. The van der Waals surface area contributed by atoms with E-state index < -0.39 is 22.5 Å². The zero-order chi connectivity index (χ0) is 19.4. The van der Waals surface area contributed by atoms with Gasteiger partial charge in [-0.1, -0.05) is 18.2 Å². The van der Waals surface area contributed by atoms with Crippen LogP contribution >= 0.6 is 0 Å². The summed E-state index contributed by atoms with van der Waals surface area (Å²) in [5.74, 6) is -0.00890. The molecule has 8 nitrogen and oxygen atoms in total. The van der Waals surface area contributed by atoms with Crippen molar-refractivity contribution in [1.82, 2.24) is 10.0 Å². The number of benzene rings is 2. The molecule has 0 saturated heterocycles. The van der Waals surface area contributed by atoms with Crippen LogP contribution in [0.5, 0.6) is 5.75 Å². The summed E-state index contributed by atoms with van der Waals surface area (Å²) in [5.41, 5.74) is 2.00. The average Bonchev–Trinajstić information content (AvgIpc) is 3.04. The summed E-state index contributed by atoms with van der Waals surface area (Å²) in [5, 5.41) is 5.28. The van der Waals surface area contributed by atoms with Crippen LogP contribution in [0.2, 0.25) is 0 Å². The first-order chi connectivity index (χ1) is 12.9. The van der Waals surface area contributed by atoms with E-state index in [1.54, 1.807) is 6.07 Å². The van der Waals surface area contributed by atoms with Crippen LogP contribution in [0.15, 0.2) is 47.4 Å². The highest BCUT2D eigenvalue weighted by Crippen LogP contribution is 2.25. The quantitative estimate of drug-likeness (QED) is 0.648. The monoisotopic (exact) mass is 389 g/mol. The lowest BCUT2D eigenvalue weighted by atomic mass is 10.2. The van der Waals surface area contributed by atoms with Gasteiger partial charge in [-0.3, -0.25) is 9.59 Å². The van der Waals surface area contributed by atoms with E-state index in [1.807, 2.05) is 18.2 Å². The number of anilines is 1. The number of rotatable bonds is 7. The molecule has 3 N–H and O–H groups in total. The standard InChI is InChI=1S/C18H19N3O5S/c1-26-16-5-3-2-4-12(16)10-19-18(23)11-20-27(24,25)14-6-7-15-13(8-14)9-17(22)21-15/h2-8,20H,9-11H2,1H3,(H,19,23)(H,21,22). The van der Waals surface area contributed by atoms with Gasteiger partial charge in [0.1, 0.15) is 5.75 Å². The van der Waals surface area contributed by atoms with Gasteiger partial charge in [0.2, 0.25) is 21.8 Å². The van der Waals surface area contributed by atoms with E-state index >= 15 is 0 Å². The maximum Gasteiger partial charge on any atom is 0.241 e. The molecule has 0 atom stereocenters. The number of fused-ring (bicyclic) bond motifs is 1. The van der Waals surface area contributed by atoms with Crippen LogP contribution in [0.4, 0.5) is 5.69 Å². The van der Waals surface area contributed by atoms with E-state index in [0.29, 0.717) is 17.0 Å². The molecule has 0 fully saturated rings. The van der Waals surface area contributed by atoms with Gasteiger partial charge in [-0.2, -0.15) is 0 Å². The SMILES string of the molecule is COc1ccccc1CNC(=O)CNS(=O)(=O)c1ccc2c(c1)CC(=O)N2. The molecule has 3 rings (SSSR count). The number of hydrogen-bond donors (Lipinski definition) is 3. The van der Waals surface area contributed by atoms with E-state index in [9.17, 15) is 18.0 Å². The maximum atomic E-state index is 12.4. The largest absolute Gasteiger partial charge is 0.496 e. The minimum atomic E-state index is -3.86. The van der Waals surface area contributed by atoms with Crippen molar-refractivity contribution in [2.75, 3.05) is 19.0 Å². The molecule has 0 aromatic heterocycles. The van der Waals surface area contributed by atoms with Crippen LogP contribution in [0.3, 0.4) is 0 Å². The van der Waals surface area contributed by atoms with Gasteiger partial charge in [-0.05, 0) is 29.8 Å². The summed E-state index contributed by atoms with van der Waals surface area (Å²) in [6.45, 7) is -0.178. The summed E-state index contributed by atoms with van der Waals surface area (Å²) in [6.07, 6.45) is 0.137.